The van der Waals surface area contributed by atoms with E-state index in [1.165, 1.54) is 16.7 Å². The van der Waals surface area contributed by atoms with E-state index < -0.39 is 17.6 Å². The zero-order valence-corrected chi connectivity index (χ0v) is 19.0. The summed E-state index contributed by atoms with van der Waals surface area (Å²) in [7, 11) is 0. The van der Waals surface area contributed by atoms with Crippen molar-refractivity contribution < 1.29 is 14.4 Å². The number of rotatable bonds is 4. The first-order valence-corrected chi connectivity index (χ1v) is 11.1. The first-order chi connectivity index (χ1) is 14.6. The molecule has 1 heterocycles. The van der Waals surface area contributed by atoms with Gasteiger partial charge in [0.05, 0.1) is 5.69 Å². The molecule has 0 saturated carbocycles. The van der Waals surface area contributed by atoms with Crippen molar-refractivity contribution in [3.63, 3.8) is 0 Å². The second-order valence-corrected chi connectivity index (χ2v) is 9.58. The summed E-state index contributed by atoms with van der Waals surface area (Å²) in [6.07, 6.45) is 0. The van der Waals surface area contributed by atoms with E-state index in [1.807, 2.05) is 70.2 Å². The van der Waals surface area contributed by atoms with E-state index >= 15 is 0 Å². The van der Waals surface area contributed by atoms with Crippen LogP contribution >= 0.6 is 11.8 Å². The van der Waals surface area contributed by atoms with Crippen molar-refractivity contribution in [1.82, 2.24) is 10.6 Å². The molecule has 1 atom stereocenters. The number of carbonyl (C=O) groups excluding carboxylic acids is 3. The smallest absolute Gasteiger partial charge is 0.319 e. The van der Waals surface area contributed by atoms with Crippen molar-refractivity contribution in [2.75, 3.05) is 22.5 Å². The highest BCUT2D eigenvalue weighted by molar-refractivity contribution is 7.99. The fraction of sp³-hybridized carbons (Fsp3) is 0.348. The minimum absolute atomic E-state index is 0.120. The Labute approximate surface area is 187 Å². The Morgan fingerprint density at radius 2 is 1.87 bits per heavy atom. The monoisotopic (exact) mass is 440 g/mol. The summed E-state index contributed by atoms with van der Waals surface area (Å²) in [6, 6.07) is 13.6. The first-order valence-electron chi connectivity index (χ1n) is 10.1. The van der Waals surface area contributed by atoms with Crippen LogP contribution in [-0.4, -0.2) is 41.7 Å². The lowest BCUT2D eigenvalue weighted by molar-refractivity contribution is -0.125. The number of nitrogens with one attached hydrogen (secondary N) is 3. The number of benzene rings is 2. The fourth-order valence-corrected chi connectivity index (χ4v) is 4.34. The van der Waals surface area contributed by atoms with Crippen LogP contribution in [0, 0.1) is 6.92 Å². The normalized spacial score (nSPS) is 16.2. The quantitative estimate of drug-likeness (QED) is 0.678. The lowest BCUT2D eigenvalue weighted by atomic mass is 10.1. The molecule has 0 bridgehead atoms. The summed E-state index contributed by atoms with van der Waals surface area (Å²) in [4.78, 5) is 40.8. The SMILES string of the molecule is Cc1cccc(NC(=O)NC2CSc3ccccc3N(CC(=O)NC(C)(C)C)C2=O)c1. The molecule has 2 aromatic rings. The molecular formula is C23H28N4O3S. The molecule has 0 saturated heterocycles. The highest BCUT2D eigenvalue weighted by Gasteiger charge is 2.33. The summed E-state index contributed by atoms with van der Waals surface area (Å²) < 4.78 is 0. The third-order valence-corrected chi connectivity index (χ3v) is 5.68. The molecule has 0 fully saturated rings. The maximum absolute atomic E-state index is 13.3. The summed E-state index contributed by atoms with van der Waals surface area (Å²) in [5, 5.41) is 8.43. The number of anilines is 2. The number of aryl methyl sites for hydroxylation is 1. The second kappa shape index (κ2) is 9.43. The molecule has 0 aromatic heterocycles. The molecule has 0 radical (unpaired) electrons. The van der Waals surface area contributed by atoms with Gasteiger partial charge in [0.25, 0.3) is 5.91 Å². The molecule has 1 aliphatic rings. The second-order valence-electron chi connectivity index (χ2n) is 8.52. The van der Waals surface area contributed by atoms with Gasteiger partial charge in [0.2, 0.25) is 5.91 Å². The van der Waals surface area contributed by atoms with Gasteiger partial charge in [-0.1, -0.05) is 24.3 Å². The van der Waals surface area contributed by atoms with Crippen LogP contribution in [0.2, 0.25) is 0 Å². The van der Waals surface area contributed by atoms with Gasteiger partial charge in [-0.2, -0.15) is 0 Å². The molecule has 164 valence electrons. The summed E-state index contributed by atoms with van der Waals surface area (Å²) >= 11 is 1.48. The van der Waals surface area contributed by atoms with Crippen LogP contribution in [0.4, 0.5) is 16.2 Å². The number of thioether (sulfide) groups is 1. The molecule has 7 nitrogen and oxygen atoms in total. The Morgan fingerprint density at radius 3 is 2.58 bits per heavy atom. The van der Waals surface area contributed by atoms with E-state index in [1.54, 1.807) is 6.07 Å². The number of urea groups is 1. The van der Waals surface area contributed by atoms with Crippen molar-refractivity contribution >= 4 is 41.0 Å². The average molecular weight is 441 g/mol. The van der Waals surface area contributed by atoms with Crippen molar-refractivity contribution in [3.05, 3.63) is 54.1 Å². The Bertz CT molecular complexity index is 987. The molecule has 31 heavy (non-hydrogen) atoms. The molecule has 2 aromatic carbocycles. The van der Waals surface area contributed by atoms with Crippen molar-refractivity contribution in [3.8, 4) is 0 Å². The summed E-state index contributed by atoms with van der Waals surface area (Å²) in [5.74, 6) is -0.208. The van der Waals surface area contributed by atoms with Gasteiger partial charge in [0.1, 0.15) is 12.6 Å². The number of carbonyl (C=O) groups is 3. The van der Waals surface area contributed by atoms with Crippen molar-refractivity contribution in [2.45, 2.75) is 44.2 Å². The molecule has 0 aliphatic carbocycles. The maximum Gasteiger partial charge on any atom is 0.319 e. The van der Waals surface area contributed by atoms with Gasteiger partial charge in [-0.3, -0.25) is 9.59 Å². The van der Waals surface area contributed by atoms with Crippen molar-refractivity contribution in [1.29, 1.82) is 0 Å². The summed E-state index contributed by atoms with van der Waals surface area (Å²) in [5.41, 5.74) is 1.93. The Balaban J connectivity index is 1.77. The third kappa shape index (κ3) is 6.24. The molecule has 0 spiro atoms. The first kappa shape index (κ1) is 22.7. The van der Waals surface area contributed by atoms with Gasteiger partial charge < -0.3 is 20.9 Å². The molecule has 1 aliphatic heterocycles. The highest BCUT2D eigenvalue weighted by atomic mass is 32.2. The lowest BCUT2D eigenvalue weighted by Crippen LogP contribution is -2.54. The topological polar surface area (TPSA) is 90.5 Å². The van der Waals surface area contributed by atoms with Gasteiger partial charge in [0, 0.05) is 21.9 Å². The molecule has 3 rings (SSSR count). The van der Waals surface area contributed by atoms with Gasteiger partial charge in [-0.05, 0) is 57.5 Å². The van der Waals surface area contributed by atoms with Crippen LogP contribution in [0.15, 0.2) is 53.4 Å². The molecular weight excluding hydrogens is 412 g/mol. The van der Waals surface area contributed by atoms with Gasteiger partial charge >= 0.3 is 6.03 Å². The third-order valence-electron chi connectivity index (χ3n) is 4.52. The van der Waals surface area contributed by atoms with Crippen LogP contribution in [0.5, 0.6) is 0 Å². The van der Waals surface area contributed by atoms with Gasteiger partial charge in [0.15, 0.2) is 0 Å². The number of amides is 4. The van der Waals surface area contributed by atoms with E-state index in [2.05, 4.69) is 16.0 Å². The largest absolute Gasteiger partial charge is 0.350 e. The number of para-hydroxylation sites is 1. The predicted octanol–water partition coefficient (Wildman–Crippen LogP) is 3.54. The Kier molecular flexibility index (Phi) is 6.90. The van der Waals surface area contributed by atoms with Crippen LogP contribution in [0.3, 0.4) is 0 Å². The lowest BCUT2D eigenvalue weighted by Gasteiger charge is -2.27. The molecule has 8 heteroatoms. The predicted molar refractivity (Wildman–Crippen MR) is 125 cm³/mol. The van der Waals surface area contributed by atoms with E-state index in [-0.39, 0.29) is 18.4 Å². The number of hydrogen-bond donors (Lipinski definition) is 3. The minimum Gasteiger partial charge on any atom is -0.350 e. The standard InChI is InChI=1S/C23H28N4O3S/c1-15-8-7-9-16(12-15)24-22(30)25-17-14-31-19-11-6-5-10-18(19)27(21(17)29)13-20(28)26-23(2,3)4/h5-12,17H,13-14H2,1-4H3,(H,26,28)(H2,24,25,30). The Morgan fingerprint density at radius 1 is 1.13 bits per heavy atom. The molecule has 1 unspecified atom stereocenters. The Hall–Kier alpha value is -3.00. The van der Waals surface area contributed by atoms with Gasteiger partial charge in [-0.15, -0.1) is 11.8 Å². The molecule has 4 amide bonds. The summed E-state index contributed by atoms with van der Waals surface area (Å²) in [6.45, 7) is 7.48. The van der Waals surface area contributed by atoms with Crippen LogP contribution in [0.1, 0.15) is 26.3 Å². The minimum atomic E-state index is -0.773. The van der Waals surface area contributed by atoms with E-state index in [0.29, 0.717) is 17.1 Å². The van der Waals surface area contributed by atoms with Crippen LogP contribution in [0.25, 0.3) is 0 Å². The number of fused-ring (bicyclic) bond motifs is 1. The van der Waals surface area contributed by atoms with E-state index in [9.17, 15) is 14.4 Å². The number of nitrogens with zero attached hydrogens (tertiary/aromatic N) is 1. The molecule has 3 N–H and O–H groups in total. The van der Waals surface area contributed by atoms with E-state index in [4.69, 9.17) is 0 Å². The zero-order valence-electron chi connectivity index (χ0n) is 18.2. The maximum atomic E-state index is 13.3. The van der Waals surface area contributed by atoms with E-state index in [0.717, 1.165) is 10.5 Å². The fourth-order valence-electron chi connectivity index (χ4n) is 3.27. The van der Waals surface area contributed by atoms with Gasteiger partial charge in [-0.25, -0.2) is 4.79 Å². The number of hydrogen-bond acceptors (Lipinski definition) is 4. The average Bonchev–Trinajstić information content (AvgIpc) is 2.79. The van der Waals surface area contributed by atoms with Crippen molar-refractivity contribution in [2.24, 2.45) is 0 Å². The van der Waals surface area contributed by atoms with Crippen LogP contribution in [-0.2, 0) is 9.59 Å². The van der Waals surface area contributed by atoms with Crippen LogP contribution < -0.4 is 20.9 Å². The zero-order chi connectivity index (χ0) is 22.6. The highest BCUT2D eigenvalue weighted by Crippen LogP contribution is 2.34.